The molecule has 1 unspecified atom stereocenters. The molecule has 0 radical (unpaired) electrons. The van der Waals surface area contributed by atoms with Crippen LogP contribution in [0.2, 0.25) is 0 Å². The average molecular weight is 488 g/mol. The van der Waals surface area contributed by atoms with Crippen LogP contribution in [0.5, 0.6) is 0 Å². The van der Waals surface area contributed by atoms with Crippen LogP contribution in [-0.2, 0) is 19.6 Å². The van der Waals surface area contributed by atoms with Gasteiger partial charge in [0.25, 0.3) is 5.91 Å². The number of hydrogen-bond acceptors (Lipinski definition) is 5. The van der Waals surface area contributed by atoms with Gasteiger partial charge in [-0.3, -0.25) is 13.9 Å². The Kier molecular flexibility index (Phi) is 8.68. The van der Waals surface area contributed by atoms with Gasteiger partial charge >= 0.3 is 0 Å². The number of carbonyl (C=O) groups is 2. The number of para-hydroxylation sites is 1. The standard InChI is InChI=1S/C25H33N3O5S/c1-18-14-19(2)16-20(15-18)28(34(3,31)32)12-6-11-24(29)27-23-10-5-4-9-22(23)25(30)26-17-21-8-7-13-33-21/h4-5,9-10,14-16,21H,6-8,11-13,17H2,1-3H3,(H,26,30)(H,27,29). The van der Waals surface area contributed by atoms with Crippen molar-refractivity contribution < 1.29 is 22.7 Å². The highest BCUT2D eigenvalue weighted by atomic mass is 32.2. The number of nitrogens with one attached hydrogen (secondary N) is 2. The summed E-state index contributed by atoms with van der Waals surface area (Å²) in [5, 5.41) is 5.66. The average Bonchev–Trinajstić information content (AvgIpc) is 3.27. The molecule has 9 heteroatoms. The molecule has 1 atom stereocenters. The molecule has 1 fully saturated rings. The van der Waals surface area contributed by atoms with Gasteiger partial charge < -0.3 is 15.4 Å². The smallest absolute Gasteiger partial charge is 0.253 e. The zero-order chi connectivity index (χ0) is 24.7. The van der Waals surface area contributed by atoms with E-state index in [9.17, 15) is 18.0 Å². The van der Waals surface area contributed by atoms with Gasteiger partial charge in [0.2, 0.25) is 15.9 Å². The van der Waals surface area contributed by atoms with Crippen LogP contribution in [-0.4, -0.2) is 52.3 Å². The third-order valence-corrected chi connectivity index (χ3v) is 6.81. The second-order valence-corrected chi connectivity index (χ2v) is 10.6. The molecule has 0 aliphatic carbocycles. The van der Waals surface area contributed by atoms with Gasteiger partial charge in [0.05, 0.1) is 29.3 Å². The van der Waals surface area contributed by atoms with Crippen molar-refractivity contribution >= 4 is 33.2 Å². The topological polar surface area (TPSA) is 105 Å². The van der Waals surface area contributed by atoms with E-state index in [1.807, 2.05) is 32.0 Å². The molecular weight excluding hydrogens is 454 g/mol. The van der Waals surface area contributed by atoms with Gasteiger partial charge in [-0.15, -0.1) is 0 Å². The Bertz CT molecular complexity index is 1110. The Morgan fingerprint density at radius 2 is 1.82 bits per heavy atom. The molecule has 2 aromatic rings. The first-order chi connectivity index (χ1) is 16.1. The lowest BCUT2D eigenvalue weighted by Gasteiger charge is -2.23. The highest BCUT2D eigenvalue weighted by Gasteiger charge is 2.20. The van der Waals surface area contributed by atoms with Gasteiger partial charge in [-0.05, 0) is 68.5 Å². The molecule has 1 aliphatic heterocycles. The van der Waals surface area contributed by atoms with Crippen LogP contribution in [0.1, 0.15) is 47.2 Å². The van der Waals surface area contributed by atoms with Crippen molar-refractivity contribution in [1.29, 1.82) is 0 Å². The van der Waals surface area contributed by atoms with Crippen molar-refractivity contribution in [2.45, 2.75) is 45.6 Å². The molecule has 2 N–H and O–H groups in total. The first-order valence-electron chi connectivity index (χ1n) is 11.5. The Morgan fingerprint density at radius 1 is 1.12 bits per heavy atom. The lowest BCUT2D eigenvalue weighted by atomic mass is 10.1. The van der Waals surface area contributed by atoms with Crippen LogP contribution < -0.4 is 14.9 Å². The summed E-state index contributed by atoms with van der Waals surface area (Å²) in [6, 6.07) is 12.4. The summed E-state index contributed by atoms with van der Waals surface area (Å²) in [5.74, 6) is -0.558. The molecule has 0 aromatic heterocycles. The summed E-state index contributed by atoms with van der Waals surface area (Å²) in [7, 11) is -3.50. The molecule has 0 spiro atoms. The van der Waals surface area contributed by atoms with E-state index in [2.05, 4.69) is 10.6 Å². The number of nitrogens with zero attached hydrogens (tertiary/aromatic N) is 1. The molecule has 1 saturated heterocycles. The number of rotatable bonds is 10. The lowest BCUT2D eigenvalue weighted by Crippen LogP contribution is -2.32. The maximum Gasteiger partial charge on any atom is 0.253 e. The molecule has 34 heavy (non-hydrogen) atoms. The van der Waals surface area contributed by atoms with Gasteiger partial charge in [0.15, 0.2) is 0 Å². The summed E-state index contributed by atoms with van der Waals surface area (Å²) in [5.41, 5.74) is 3.33. The molecule has 1 heterocycles. The normalized spacial score (nSPS) is 15.7. The number of ether oxygens (including phenoxy) is 1. The van der Waals surface area contributed by atoms with Crippen LogP contribution >= 0.6 is 0 Å². The second-order valence-electron chi connectivity index (χ2n) is 8.72. The van der Waals surface area contributed by atoms with Gasteiger partial charge in [0.1, 0.15) is 0 Å². The molecule has 1 aliphatic rings. The number of hydrogen-bond donors (Lipinski definition) is 2. The highest BCUT2D eigenvalue weighted by molar-refractivity contribution is 7.92. The summed E-state index contributed by atoms with van der Waals surface area (Å²) in [6.45, 7) is 5.16. The summed E-state index contributed by atoms with van der Waals surface area (Å²) < 4.78 is 31.6. The number of carbonyl (C=O) groups excluding carboxylic acids is 2. The van der Waals surface area contributed by atoms with Crippen LogP contribution in [0, 0.1) is 13.8 Å². The Balaban J connectivity index is 1.58. The van der Waals surface area contributed by atoms with Crippen molar-refractivity contribution in [1.82, 2.24) is 5.32 Å². The molecule has 2 amide bonds. The summed E-state index contributed by atoms with van der Waals surface area (Å²) >= 11 is 0. The number of amides is 2. The second kappa shape index (κ2) is 11.5. The maximum atomic E-state index is 12.6. The largest absolute Gasteiger partial charge is 0.376 e. The number of aryl methyl sites for hydroxylation is 2. The first-order valence-corrected chi connectivity index (χ1v) is 13.3. The molecule has 8 nitrogen and oxygen atoms in total. The van der Waals surface area contributed by atoms with Crippen molar-refractivity contribution in [3.63, 3.8) is 0 Å². The van der Waals surface area contributed by atoms with Crippen LogP contribution in [0.15, 0.2) is 42.5 Å². The Labute approximate surface area is 201 Å². The maximum absolute atomic E-state index is 12.6. The first kappa shape index (κ1) is 25.7. The van der Waals surface area contributed by atoms with Crippen molar-refractivity contribution in [3.05, 3.63) is 59.2 Å². The van der Waals surface area contributed by atoms with Gasteiger partial charge in [-0.2, -0.15) is 0 Å². The quantitative estimate of drug-likeness (QED) is 0.535. The van der Waals surface area contributed by atoms with E-state index in [1.165, 1.54) is 4.31 Å². The minimum Gasteiger partial charge on any atom is -0.376 e. The minimum absolute atomic E-state index is 0.0284. The Hall–Kier alpha value is -2.91. The van der Waals surface area contributed by atoms with E-state index < -0.39 is 10.0 Å². The van der Waals surface area contributed by atoms with E-state index in [4.69, 9.17) is 4.74 Å². The molecule has 0 saturated carbocycles. The molecule has 0 bridgehead atoms. The number of benzene rings is 2. The van der Waals surface area contributed by atoms with E-state index in [1.54, 1.807) is 24.3 Å². The fourth-order valence-electron chi connectivity index (χ4n) is 4.07. The fourth-order valence-corrected chi connectivity index (χ4v) is 5.02. The van der Waals surface area contributed by atoms with Crippen molar-refractivity contribution in [3.8, 4) is 0 Å². The van der Waals surface area contributed by atoms with Gasteiger partial charge in [-0.25, -0.2) is 8.42 Å². The molecule has 2 aromatic carbocycles. The number of anilines is 2. The summed E-state index contributed by atoms with van der Waals surface area (Å²) in [4.78, 5) is 25.2. The third kappa shape index (κ3) is 7.30. The van der Waals surface area contributed by atoms with E-state index in [0.717, 1.165) is 30.2 Å². The van der Waals surface area contributed by atoms with Crippen molar-refractivity contribution in [2.75, 3.05) is 35.6 Å². The molecular formula is C25H33N3O5S. The fraction of sp³-hybridized carbons (Fsp3) is 0.440. The zero-order valence-electron chi connectivity index (χ0n) is 20.0. The SMILES string of the molecule is Cc1cc(C)cc(N(CCCC(=O)Nc2ccccc2C(=O)NCC2CCCO2)S(C)(=O)=O)c1. The van der Waals surface area contributed by atoms with Gasteiger partial charge in [0, 0.05) is 26.1 Å². The Morgan fingerprint density at radius 3 is 2.47 bits per heavy atom. The van der Waals surface area contributed by atoms with E-state index >= 15 is 0 Å². The van der Waals surface area contributed by atoms with E-state index in [-0.39, 0.29) is 30.9 Å². The van der Waals surface area contributed by atoms with Gasteiger partial charge in [-0.1, -0.05) is 18.2 Å². The van der Waals surface area contributed by atoms with Crippen LogP contribution in [0.25, 0.3) is 0 Å². The highest BCUT2D eigenvalue weighted by Crippen LogP contribution is 2.22. The van der Waals surface area contributed by atoms with Crippen LogP contribution in [0.3, 0.4) is 0 Å². The number of sulfonamides is 1. The third-order valence-electron chi connectivity index (χ3n) is 5.62. The lowest BCUT2D eigenvalue weighted by molar-refractivity contribution is -0.116. The molecule has 184 valence electrons. The monoisotopic (exact) mass is 487 g/mol. The predicted molar refractivity (Wildman–Crippen MR) is 134 cm³/mol. The molecule has 3 rings (SSSR count). The zero-order valence-corrected chi connectivity index (χ0v) is 20.8. The van der Waals surface area contributed by atoms with Crippen molar-refractivity contribution in [2.24, 2.45) is 0 Å². The van der Waals surface area contributed by atoms with E-state index in [0.29, 0.717) is 36.5 Å². The summed E-state index contributed by atoms with van der Waals surface area (Å²) in [6.07, 6.45) is 3.55. The van der Waals surface area contributed by atoms with Crippen LogP contribution in [0.4, 0.5) is 11.4 Å². The predicted octanol–water partition coefficient (Wildman–Crippen LogP) is 3.40. The minimum atomic E-state index is -3.50.